The lowest BCUT2D eigenvalue weighted by Gasteiger charge is -2.18. The lowest BCUT2D eigenvalue weighted by atomic mass is 10.0. The Morgan fingerprint density at radius 2 is 1.90 bits per heavy atom. The van der Waals surface area contributed by atoms with Crippen molar-refractivity contribution in [3.05, 3.63) is 98.2 Å². The predicted octanol–water partition coefficient (Wildman–Crippen LogP) is 3.67. The van der Waals surface area contributed by atoms with E-state index in [1.165, 1.54) is 35.8 Å². The third-order valence-electron chi connectivity index (χ3n) is 4.14. The zero-order valence-electron chi connectivity index (χ0n) is 15.7. The van der Waals surface area contributed by atoms with Crippen LogP contribution in [0.3, 0.4) is 0 Å². The third-order valence-corrected chi connectivity index (χ3v) is 4.95. The highest BCUT2D eigenvalue weighted by molar-refractivity contribution is 7.11. The van der Waals surface area contributed by atoms with E-state index >= 15 is 0 Å². The van der Waals surface area contributed by atoms with E-state index in [2.05, 4.69) is 15.8 Å². The van der Waals surface area contributed by atoms with E-state index < -0.39 is 16.9 Å². The van der Waals surface area contributed by atoms with Gasteiger partial charge in [-0.3, -0.25) is 19.7 Å². The fourth-order valence-electron chi connectivity index (χ4n) is 2.70. The van der Waals surface area contributed by atoms with Crippen LogP contribution in [0.5, 0.6) is 0 Å². The molecule has 0 saturated carbocycles. The van der Waals surface area contributed by atoms with Gasteiger partial charge < -0.3 is 5.32 Å². The Hall–Kier alpha value is -3.85. The van der Waals surface area contributed by atoms with Crippen molar-refractivity contribution in [1.29, 1.82) is 0 Å². The number of nitro benzene ring substituents is 1. The Kier molecular flexibility index (Phi) is 7.01. The number of carbonyl (C=O) groups excluding carboxylic acids is 2. The zero-order valence-corrected chi connectivity index (χ0v) is 16.5. The second kappa shape index (κ2) is 10.1. The summed E-state index contributed by atoms with van der Waals surface area (Å²) in [5.74, 6) is -0.824. The van der Waals surface area contributed by atoms with Crippen molar-refractivity contribution in [2.24, 2.45) is 5.10 Å². The van der Waals surface area contributed by atoms with Gasteiger partial charge in [-0.2, -0.15) is 5.10 Å². The molecule has 2 N–H and O–H groups in total. The molecule has 0 spiro atoms. The summed E-state index contributed by atoms with van der Waals surface area (Å²) < 4.78 is 0. The van der Waals surface area contributed by atoms with Crippen LogP contribution in [0.1, 0.15) is 33.3 Å². The van der Waals surface area contributed by atoms with Crippen LogP contribution < -0.4 is 10.7 Å². The van der Waals surface area contributed by atoms with Crippen LogP contribution in [0.15, 0.2) is 77.2 Å². The van der Waals surface area contributed by atoms with E-state index in [0.717, 1.165) is 4.88 Å². The Bertz CT molecular complexity index is 1050. The van der Waals surface area contributed by atoms with Gasteiger partial charge in [0.2, 0.25) is 5.91 Å². The average Bonchev–Trinajstić information content (AvgIpc) is 3.27. The van der Waals surface area contributed by atoms with Gasteiger partial charge in [0.1, 0.15) is 0 Å². The van der Waals surface area contributed by atoms with Crippen molar-refractivity contribution in [3.8, 4) is 0 Å². The molecule has 30 heavy (non-hydrogen) atoms. The lowest BCUT2D eigenvalue weighted by molar-refractivity contribution is -0.384. The number of hydrazone groups is 1. The average molecular weight is 422 g/mol. The summed E-state index contributed by atoms with van der Waals surface area (Å²) in [5, 5.41) is 19.7. The predicted molar refractivity (Wildman–Crippen MR) is 114 cm³/mol. The molecule has 0 radical (unpaired) electrons. The van der Waals surface area contributed by atoms with Crippen LogP contribution in [0.2, 0.25) is 0 Å². The molecule has 152 valence electrons. The van der Waals surface area contributed by atoms with Gasteiger partial charge >= 0.3 is 0 Å². The first-order valence-electron chi connectivity index (χ1n) is 8.98. The van der Waals surface area contributed by atoms with Gasteiger partial charge in [-0.15, -0.1) is 11.3 Å². The molecular formula is C21H18N4O4S. The van der Waals surface area contributed by atoms with Crippen molar-refractivity contribution in [2.75, 3.05) is 0 Å². The highest BCUT2D eigenvalue weighted by atomic mass is 32.1. The summed E-state index contributed by atoms with van der Waals surface area (Å²) in [7, 11) is 0. The van der Waals surface area contributed by atoms with Gasteiger partial charge in [0.15, 0.2) is 0 Å². The molecule has 1 aromatic heterocycles. The number of non-ortho nitro benzene ring substituents is 1. The molecule has 0 fully saturated rings. The number of carbonyl (C=O) groups is 2. The van der Waals surface area contributed by atoms with Crippen molar-refractivity contribution in [1.82, 2.24) is 10.7 Å². The van der Waals surface area contributed by atoms with Crippen LogP contribution in [0.25, 0.3) is 0 Å². The summed E-state index contributed by atoms with van der Waals surface area (Å²) in [5.41, 5.74) is 3.17. The highest BCUT2D eigenvalue weighted by Crippen LogP contribution is 2.22. The van der Waals surface area contributed by atoms with Crippen LogP contribution >= 0.6 is 11.3 Å². The Balaban J connectivity index is 1.76. The molecule has 0 aliphatic heterocycles. The van der Waals surface area contributed by atoms with Crippen molar-refractivity contribution < 1.29 is 14.5 Å². The number of nitro groups is 1. The summed E-state index contributed by atoms with van der Waals surface area (Å²) in [4.78, 5) is 36.4. The van der Waals surface area contributed by atoms with Crippen LogP contribution in [-0.2, 0) is 4.79 Å². The number of thiophene rings is 1. The number of rotatable bonds is 8. The van der Waals surface area contributed by atoms with E-state index in [1.807, 2.05) is 17.5 Å². The summed E-state index contributed by atoms with van der Waals surface area (Å²) in [6, 6.07) is 17.3. The number of hydrogen-bond acceptors (Lipinski definition) is 6. The van der Waals surface area contributed by atoms with Crippen molar-refractivity contribution in [2.45, 2.75) is 12.5 Å². The Morgan fingerprint density at radius 3 is 2.60 bits per heavy atom. The quantitative estimate of drug-likeness (QED) is 0.327. The smallest absolute Gasteiger partial charge is 0.269 e. The molecule has 3 rings (SSSR count). The van der Waals surface area contributed by atoms with E-state index in [1.54, 1.807) is 36.4 Å². The highest BCUT2D eigenvalue weighted by Gasteiger charge is 2.21. The molecule has 2 aromatic carbocycles. The van der Waals surface area contributed by atoms with Crippen molar-refractivity contribution in [3.63, 3.8) is 0 Å². The normalized spacial score (nSPS) is 11.7. The molecule has 1 heterocycles. The van der Waals surface area contributed by atoms with Gasteiger partial charge in [0.25, 0.3) is 11.6 Å². The summed E-state index contributed by atoms with van der Waals surface area (Å²) >= 11 is 1.47. The number of benzene rings is 2. The first-order valence-corrected chi connectivity index (χ1v) is 9.86. The molecule has 0 aliphatic carbocycles. The first kappa shape index (κ1) is 20.9. The fourth-order valence-corrected chi connectivity index (χ4v) is 3.29. The maximum Gasteiger partial charge on any atom is 0.269 e. The molecular weight excluding hydrogens is 404 g/mol. The second-order valence-electron chi connectivity index (χ2n) is 6.26. The van der Waals surface area contributed by atoms with E-state index in [4.69, 9.17) is 0 Å². The molecule has 0 aliphatic rings. The van der Waals surface area contributed by atoms with E-state index in [0.29, 0.717) is 11.1 Å². The number of amides is 2. The molecule has 0 bridgehead atoms. The minimum atomic E-state index is -0.769. The van der Waals surface area contributed by atoms with Gasteiger partial charge in [0, 0.05) is 22.6 Å². The molecule has 2 amide bonds. The standard InChI is InChI=1S/C21H18N4O4S/c26-20(24-22-14-18-10-5-11-30-18)13-19(16-8-4-9-17(12-16)25(28)29)23-21(27)15-6-2-1-3-7-15/h1-12,14,19H,13H2,(H,23,27)(H,24,26). The van der Waals surface area contributed by atoms with Gasteiger partial charge in [-0.25, -0.2) is 5.43 Å². The van der Waals surface area contributed by atoms with Gasteiger partial charge in [-0.1, -0.05) is 36.4 Å². The largest absolute Gasteiger partial charge is 0.345 e. The molecule has 9 heteroatoms. The Labute approximate surface area is 176 Å². The second-order valence-corrected chi connectivity index (χ2v) is 7.24. The van der Waals surface area contributed by atoms with E-state index in [9.17, 15) is 19.7 Å². The monoisotopic (exact) mass is 422 g/mol. The summed E-state index contributed by atoms with van der Waals surface area (Å²) in [6.45, 7) is 0. The SMILES string of the molecule is O=C(CC(NC(=O)c1ccccc1)c1cccc([N+](=O)[O-])c1)NN=Cc1cccs1. The maximum absolute atomic E-state index is 12.6. The topological polar surface area (TPSA) is 114 Å². The molecule has 0 saturated heterocycles. The molecule has 1 atom stereocenters. The number of nitrogens with one attached hydrogen (secondary N) is 2. The fraction of sp³-hybridized carbons (Fsp3) is 0.0952. The maximum atomic E-state index is 12.6. The molecule has 1 unspecified atom stereocenters. The molecule has 8 nitrogen and oxygen atoms in total. The van der Waals surface area contributed by atoms with Crippen LogP contribution in [0.4, 0.5) is 5.69 Å². The van der Waals surface area contributed by atoms with Crippen LogP contribution in [-0.4, -0.2) is 23.0 Å². The van der Waals surface area contributed by atoms with E-state index in [-0.39, 0.29) is 18.0 Å². The van der Waals surface area contributed by atoms with Gasteiger partial charge in [0.05, 0.1) is 23.6 Å². The van der Waals surface area contributed by atoms with Gasteiger partial charge in [-0.05, 0) is 29.1 Å². The molecule has 3 aromatic rings. The Morgan fingerprint density at radius 1 is 1.10 bits per heavy atom. The van der Waals surface area contributed by atoms with Crippen LogP contribution in [0, 0.1) is 10.1 Å². The lowest BCUT2D eigenvalue weighted by Crippen LogP contribution is -2.32. The number of nitrogens with zero attached hydrogens (tertiary/aromatic N) is 2. The minimum Gasteiger partial charge on any atom is -0.345 e. The third kappa shape index (κ3) is 5.82. The first-order chi connectivity index (χ1) is 14.5. The number of hydrogen-bond donors (Lipinski definition) is 2. The zero-order chi connectivity index (χ0) is 21.3. The minimum absolute atomic E-state index is 0.123. The van der Waals surface area contributed by atoms with Crippen molar-refractivity contribution >= 4 is 35.1 Å². The summed E-state index contributed by atoms with van der Waals surface area (Å²) in [6.07, 6.45) is 1.38.